The number of amides is 2. The van der Waals surface area contributed by atoms with Crippen LogP contribution in [0.4, 0.5) is 5.69 Å². The fraction of sp³-hybridized carbons (Fsp3) is 0.440. The van der Waals surface area contributed by atoms with Crippen molar-refractivity contribution >= 4 is 17.5 Å². The zero-order valence-corrected chi connectivity index (χ0v) is 18.1. The first-order chi connectivity index (χ1) is 14.5. The molecule has 3 rings (SSSR count). The standard InChI is InChI=1S/C25H33N3O2/c1-20(2)22-11-13-23(14-12-22)26-24(29)19-27-15-17-28(18-16-27)25(30)10-6-9-21-7-4-3-5-8-21/h3-5,7-8,11-14,20H,6,9-10,15-19H2,1-2H3,(H,26,29). The summed E-state index contributed by atoms with van der Waals surface area (Å²) >= 11 is 0. The second kappa shape index (κ2) is 10.9. The van der Waals surface area contributed by atoms with Crippen molar-refractivity contribution in [3.05, 3.63) is 65.7 Å². The molecule has 0 aliphatic carbocycles. The number of hydrogen-bond donors (Lipinski definition) is 1. The summed E-state index contributed by atoms with van der Waals surface area (Å²) in [5.74, 6) is 0.697. The summed E-state index contributed by atoms with van der Waals surface area (Å²) in [7, 11) is 0. The van der Waals surface area contributed by atoms with Gasteiger partial charge in [-0.1, -0.05) is 56.3 Å². The molecule has 0 atom stereocenters. The molecule has 2 aromatic rings. The summed E-state index contributed by atoms with van der Waals surface area (Å²) in [6.07, 6.45) is 2.40. The third-order valence-electron chi connectivity index (χ3n) is 5.65. The van der Waals surface area contributed by atoms with E-state index in [9.17, 15) is 9.59 Å². The van der Waals surface area contributed by atoms with Crippen LogP contribution in [0.5, 0.6) is 0 Å². The zero-order valence-electron chi connectivity index (χ0n) is 18.1. The number of benzene rings is 2. The van der Waals surface area contributed by atoms with Crippen LogP contribution >= 0.6 is 0 Å². The molecule has 0 bridgehead atoms. The van der Waals surface area contributed by atoms with Gasteiger partial charge in [-0.05, 0) is 42.0 Å². The van der Waals surface area contributed by atoms with Crippen molar-refractivity contribution in [2.75, 3.05) is 38.0 Å². The van der Waals surface area contributed by atoms with Gasteiger partial charge in [0.05, 0.1) is 6.54 Å². The molecule has 2 amide bonds. The van der Waals surface area contributed by atoms with Crippen LogP contribution in [0, 0.1) is 0 Å². The first-order valence-corrected chi connectivity index (χ1v) is 10.9. The summed E-state index contributed by atoms with van der Waals surface area (Å²) in [4.78, 5) is 28.9. The molecule has 1 heterocycles. The summed E-state index contributed by atoms with van der Waals surface area (Å²) in [5.41, 5.74) is 3.37. The molecule has 1 fully saturated rings. The van der Waals surface area contributed by atoms with Crippen LogP contribution in [-0.4, -0.2) is 54.3 Å². The number of aryl methyl sites for hydroxylation is 1. The van der Waals surface area contributed by atoms with E-state index in [1.165, 1.54) is 11.1 Å². The minimum absolute atomic E-state index is 0.00469. The third kappa shape index (κ3) is 6.70. The monoisotopic (exact) mass is 407 g/mol. The fourth-order valence-corrected chi connectivity index (χ4v) is 3.76. The number of nitrogens with one attached hydrogen (secondary N) is 1. The molecular formula is C25H33N3O2. The predicted molar refractivity (Wildman–Crippen MR) is 122 cm³/mol. The largest absolute Gasteiger partial charge is 0.340 e. The van der Waals surface area contributed by atoms with Gasteiger partial charge in [0.1, 0.15) is 0 Å². The minimum Gasteiger partial charge on any atom is -0.340 e. The number of anilines is 1. The van der Waals surface area contributed by atoms with Crippen molar-refractivity contribution in [2.24, 2.45) is 0 Å². The molecule has 0 aromatic heterocycles. The van der Waals surface area contributed by atoms with Gasteiger partial charge in [-0.2, -0.15) is 0 Å². The van der Waals surface area contributed by atoms with E-state index in [0.29, 0.717) is 32.0 Å². The Morgan fingerprint density at radius 2 is 1.60 bits per heavy atom. The predicted octanol–water partition coefficient (Wildman–Crippen LogP) is 3.92. The van der Waals surface area contributed by atoms with Gasteiger partial charge in [-0.25, -0.2) is 0 Å². The Balaban J connectivity index is 1.35. The second-order valence-electron chi connectivity index (χ2n) is 8.32. The highest BCUT2D eigenvalue weighted by Crippen LogP contribution is 2.17. The van der Waals surface area contributed by atoms with E-state index in [-0.39, 0.29) is 11.8 Å². The Hall–Kier alpha value is -2.66. The van der Waals surface area contributed by atoms with Gasteiger partial charge < -0.3 is 10.2 Å². The molecule has 160 valence electrons. The molecule has 0 saturated carbocycles. The lowest BCUT2D eigenvalue weighted by Crippen LogP contribution is -2.50. The van der Waals surface area contributed by atoms with Crippen LogP contribution in [0.3, 0.4) is 0 Å². The van der Waals surface area contributed by atoms with Crippen LogP contribution < -0.4 is 5.32 Å². The molecule has 5 nitrogen and oxygen atoms in total. The number of rotatable bonds is 8. The maximum atomic E-state index is 12.5. The Morgan fingerprint density at radius 1 is 0.933 bits per heavy atom. The van der Waals surface area contributed by atoms with Gasteiger partial charge in [0.15, 0.2) is 0 Å². The molecule has 30 heavy (non-hydrogen) atoms. The molecule has 2 aromatic carbocycles. The van der Waals surface area contributed by atoms with E-state index < -0.39 is 0 Å². The van der Waals surface area contributed by atoms with Gasteiger partial charge in [0.2, 0.25) is 11.8 Å². The zero-order chi connectivity index (χ0) is 21.3. The Labute approximate surface area is 180 Å². The van der Waals surface area contributed by atoms with E-state index in [2.05, 4.69) is 48.3 Å². The average molecular weight is 408 g/mol. The Kier molecular flexibility index (Phi) is 8.03. The van der Waals surface area contributed by atoms with Crippen molar-refractivity contribution < 1.29 is 9.59 Å². The number of nitrogens with zero attached hydrogens (tertiary/aromatic N) is 2. The van der Waals surface area contributed by atoms with E-state index >= 15 is 0 Å². The number of carbonyl (C=O) groups excluding carboxylic acids is 2. The van der Waals surface area contributed by atoms with E-state index in [1.807, 2.05) is 35.2 Å². The minimum atomic E-state index is -0.00469. The summed E-state index contributed by atoms with van der Waals surface area (Å²) in [6, 6.07) is 18.3. The fourth-order valence-electron chi connectivity index (χ4n) is 3.76. The first-order valence-electron chi connectivity index (χ1n) is 10.9. The number of hydrogen-bond acceptors (Lipinski definition) is 3. The van der Waals surface area contributed by atoms with Crippen LogP contribution in [-0.2, 0) is 16.0 Å². The van der Waals surface area contributed by atoms with Gasteiger partial charge in [-0.15, -0.1) is 0 Å². The van der Waals surface area contributed by atoms with Gasteiger partial charge >= 0.3 is 0 Å². The summed E-state index contributed by atoms with van der Waals surface area (Å²) in [6.45, 7) is 7.54. The quantitative estimate of drug-likeness (QED) is 0.722. The summed E-state index contributed by atoms with van der Waals surface area (Å²) < 4.78 is 0. The maximum Gasteiger partial charge on any atom is 0.238 e. The normalized spacial score (nSPS) is 14.7. The molecule has 1 aliphatic rings. The smallest absolute Gasteiger partial charge is 0.238 e. The molecule has 1 N–H and O–H groups in total. The molecule has 1 aliphatic heterocycles. The molecule has 5 heteroatoms. The Morgan fingerprint density at radius 3 is 2.23 bits per heavy atom. The van der Waals surface area contributed by atoms with Crippen molar-refractivity contribution in [3.8, 4) is 0 Å². The SMILES string of the molecule is CC(C)c1ccc(NC(=O)CN2CCN(C(=O)CCCc3ccccc3)CC2)cc1. The highest BCUT2D eigenvalue weighted by atomic mass is 16.2. The van der Waals surface area contributed by atoms with Crippen molar-refractivity contribution in [1.82, 2.24) is 9.80 Å². The molecule has 1 saturated heterocycles. The highest BCUT2D eigenvalue weighted by Gasteiger charge is 2.22. The van der Waals surface area contributed by atoms with E-state index in [1.54, 1.807) is 0 Å². The van der Waals surface area contributed by atoms with Gasteiger partial charge in [0, 0.05) is 38.3 Å². The van der Waals surface area contributed by atoms with Crippen LogP contribution in [0.1, 0.15) is 43.7 Å². The van der Waals surface area contributed by atoms with E-state index in [0.717, 1.165) is 31.6 Å². The topological polar surface area (TPSA) is 52.7 Å². The van der Waals surface area contributed by atoms with Crippen LogP contribution in [0.15, 0.2) is 54.6 Å². The van der Waals surface area contributed by atoms with Crippen molar-refractivity contribution in [2.45, 2.75) is 39.0 Å². The summed E-state index contributed by atoms with van der Waals surface area (Å²) in [5, 5.41) is 2.97. The number of piperazine rings is 1. The molecule has 0 radical (unpaired) electrons. The second-order valence-corrected chi connectivity index (χ2v) is 8.32. The number of carbonyl (C=O) groups is 2. The third-order valence-corrected chi connectivity index (χ3v) is 5.65. The maximum absolute atomic E-state index is 12.5. The van der Waals surface area contributed by atoms with Crippen molar-refractivity contribution in [3.63, 3.8) is 0 Å². The lowest BCUT2D eigenvalue weighted by Gasteiger charge is -2.34. The van der Waals surface area contributed by atoms with Crippen molar-refractivity contribution in [1.29, 1.82) is 0 Å². The first kappa shape index (κ1) is 22.0. The lowest BCUT2D eigenvalue weighted by molar-refractivity contribution is -0.133. The average Bonchev–Trinajstić information content (AvgIpc) is 2.75. The van der Waals surface area contributed by atoms with E-state index in [4.69, 9.17) is 0 Å². The van der Waals surface area contributed by atoms with Gasteiger partial charge in [-0.3, -0.25) is 14.5 Å². The Bertz CT molecular complexity index is 810. The van der Waals surface area contributed by atoms with Crippen LogP contribution in [0.25, 0.3) is 0 Å². The molecule has 0 unspecified atom stereocenters. The van der Waals surface area contributed by atoms with Gasteiger partial charge in [0.25, 0.3) is 0 Å². The lowest BCUT2D eigenvalue weighted by atomic mass is 10.0. The molecule has 0 spiro atoms. The van der Waals surface area contributed by atoms with Crippen LogP contribution in [0.2, 0.25) is 0 Å². The molecular weight excluding hydrogens is 374 g/mol. The highest BCUT2D eigenvalue weighted by molar-refractivity contribution is 5.92.